The van der Waals surface area contributed by atoms with E-state index in [2.05, 4.69) is 5.32 Å². The van der Waals surface area contributed by atoms with Crippen LogP contribution in [0.5, 0.6) is 0 Å². The van der Waals surface area contributed by atoms with E-state index in [1.807, 2.05) is 6.92 Å². The summed E-state index contributed by atoms with van der Waals surface area (Å²) in [7, 11) is -1.11. The monoisotopic (exact) mass is 407 g/mol. The Morgan fingerprint density at radius 1 is 1.39 bits per heavy atom. The molecule has 0 spiro atoms. The highest BCUT2D eigenvalue weighted by Gasteiger charge is 2.33. The number of hydrogen-bond acceptors (Lipinski definition) is 5. The Hall–Kier alpha value is -2.68. The predicted octanol–water partition coefficient (Wildman–Crippen LogP) is 2.62. The second kappa shape index (κ2) is 9.01. The maximum atomic E-state index is 14.7. The van der Waals surface area contributed by atoms with Gasteiger partial charge in [0.1, 0.15) is 11.9 Å². The number of ether oxygens (including phenoxy) is 1. The lowest BCUT2D eigenvalue weighted by atomic mass is 10.2. The van der Waals surface area contributed by atoms with Gasteiger partial charge in [-0.1, -0.05) is 13.0 Å². The first kappa shape index (κ1) is 20.1. The Morgan fingerprint density at radius 2 is 2.21 bits per heavy atom. The molecule has 2 heterocycles. The number of anilines is 2. The number of nitrogens with one attached hydrogen (secondary N) is 1. The van der Waals surface area contributed by atoms with Gasteiger partial charge in [-0.15, -0.1) is 0 Å². The van der Waals surface area contributed by atoms with Crippen molar-refractivity contribution in [3.8, 4) is 0 Å². The van der Waals surface area contributed by atoms with Gasteiger partial charge in [0.25, 0.3) is 0 Å². The zero-order valence-electron chi connectivity index (χ0n) is 15.5. The van der Waals surface area contributed by atoms with Crippen molar-refractivity contribution in [3.63, 3.8) is 0 Å². The zero-order chi connectivity index (χ0) is 20.1. The first-order valence-electron chi connectivity index (χ1n) is 9.03. The molecule has 0 bridgehead atoms. The number of nitrogens with zero attached hydrogens (tertiary/aromatic N) is 2. The molecule has 1 fully saturated rings. The Labute approximate surface area is 165 Å². The fourth-order valence-electron chi connectivity index (χ4n) is 2.91. The number of benzene rings is 1. The van der Waals surface area contributed by atoms with Crippen LogP contribution in [-0.4, -0.2) is 41.2 Å². The van der Waals surface area contributed by atoms with Crippen LogP contribution in [0.15, 0.2) is 42.1 Å². The fraction of sp³-hybridized carbons (Fsp3) is 0.368. The van der Waals surface area contributed by atoms with Gasteiger partial charge in [0.05, 0.1) is 35.3 Å². The highest BCUT2D eigenvalue weighted by atomic mass is 32.2. The van der Waals surface area contributed by atoms with Crippen molar-refractivity contribution in [2.45, 2.75) is 25.9 Å². The SMILES string of the molecule is CCCC(=O)NC[C@H]1CN(c2ccc(N3C=CCS(=O)C=C3)c(F)c2)C(=O)O1. The van der Waals surface area contributed by atoms with E-state index in [1.54, 1.807) is 35.5 Å². The molecule has 2 aliphatic heterocycles. The van der Waals surface area contributed by atoms with Gasteiger partial charge in [0.15, 0.2) is 0 Å². The summed E-state index contributed by atoms with van der Waals surface area (Å²) in [4.78, 5) is 26.6. The van der Waals surface area contributed by atoms with E-state index < -0.39 is 28.8 Å². The number of carbonyl (C=O) groups is 2. The normalized spacial score (nSPS) is 21.6. The molecule has 0 radical (unpaired) electrons. The second-order valence-corrected chi connectivity index (χ2v) is 7.80. The number of halogens is 1. The maximum Gasteiger partial charge on any atom is 0.414 e. The summed E-state index contributed by atoms with van der Waals surface area (Å²) in [6.07, 6.45) is 5.01. The van der Waals surface area contributed by atoms with Crippen molar-refractivity contribution in [2.75, 3.05) is 28.6 Å². The minimum atomic E-state index is -1.11. The average molecular weight is 407 g/mol. The fourth-order valence-corrected chi connectivity index (χ4v) is 3.56. The van der Waals surface area contributed by atoms with Crippen LogP contribution < -0.4 is 15.1 Å². The smallest absolute Gasteiger partial charge is 0.414 e. The van der Waals surface area contributed by atoms with E-state index in [0.717, 1.165) is 6.42 Å². The lowest BCUT2D eigenvalue weighted by molar-refractivity contribution is -0.121. The van der Waals surface area contributed by atoms with Gasteiger partial charge in [-0.2, -0.15) is 0 Å². The highest BCUT2D eigenvalue weighted by Crippen LogP contribution is 2.28. The Kier molecular flexibility index (Phi) is 6.45. The number of carbonyl (C=O) groups excluding carboxylic acids is 2. The minimum absolute atomic E-state index is 0.0908. The van der Waals surface area contributed by atoms with E-state index in [0.29, 0.717) is 17.9 Å². The summed E-state index contributed by atoms with van der Waals surface area (Å²) in [6.45, 7) is 2.36. The molecule has 1 aromatic rings. The Bertz CT molecular complexity index is 842. The summed E-state index contributed by atoms with van der Waals surface area (Å²) in [5.41, 5.74) is 0.658. The largest absolute Gasteiger partial charge is 0.442 e. The van der Waals surface area contributed by atoms with E-state index in [-0.39, 0.29) is 24.7 Å². The first-order valence-corrected chi connectivity index (χ1v) is 10.4. The molecule has 3 rings (SSSR count). The third-order valence-electron chi connectivity index (χ3n) is 4.30. The van der Waals surface area contributed by atoms with E-state index in [1.165, 1.54) is 16.4 Å². The molecule has 28 heavy (non-hydrogen) atoms. The van der Waals surface area contributed by atoms with Crippen molar-refractivity contribution < 1.29 is 22.9 Å². The molecule has 9 heteroatoms. The summed E-state index contributed by atoms with van der Waals surface area (Å²) in [5, 5.41) is 4.23. The van der Waals surface area contributed by atoms with Crippen LogP contribution >= 0.6 is 0 Å². The van der Waals surface area contributed by atoms with E-state index >= 15 is 0 Å². The van der Waals surface area contributed by atoms with Crippen molar-refractivity contribution >= 4 is 34.2 Å². The number of rotatable bonds is 6. The van der Waals surface area contributed by atoms with Crippen LogP contribution in [0.25, 0.3) is 0 Å². The molecular weight excluding hydrogens is 385 g/mol. The van der Waals surface area contributed by atoms with Crippen LogP contribution in [0.2, 0.25) is 0 Å². The molecule has 1 unspecified atom stereocenters. The summed E-state index contributed by atoms with van der Waals surface area (Å²) in [6, 6.07) is 4.44. The van der Waals surface area contributed by atoms with Crippen molar-refractivity contribution in [2.24, 2.45) is 0 Å². The Balaban J connectivity index is 1.68. The number of hydrogen-bond donors (Lipinski definition) is 1. The Morgan fingerprint density at radius 3 is 2.96 bits per heavy atom. The van der Waals surface area contributed by atoms with Crippen LogP contribution in [0.3, 0.4) is 0 Å². The standard InChI is InChI=1S/C19H22FN3O4S/c1-2-4-18(24)21-12-15-13-23(19(25)27-15)14-5-6-17(16(20)11-14)22-7-3-9-28(26)10-8-22/h3,5-8,10-11,15H,2,4,9,12-13H2,1H3,(H,21,24)/t15-,28?/m0/s1. The summed E-state index contributed by atoms with van der Waals surface area (Å²) in [5.74, 6) is -0.235. The molecule has 1 aromatic carbocycles. The van der Waals surface area contributed by atoms with Gasteiger partial charge < -0.3 is 15.0 Å². The first-order chi connectivity index (χ1) is 13.5. The van der Waals surface area contributed by atoms with Crippen molar-refractivity contribution in [1.29, 1.82) is 0 Å². The molecular formula is C19H22FN3O4S. The van der Waals surface area contributed by atoms with E-state index in [9.17, 15) is 18.2 Å². The van der Waals surface area contributed by atoms with Crippen molar-refractivity contribution in [1.82, 2.24) is 5.32 Å². The third-order valence-corrected chi connectivity index (χ3v) is 5.25. The lowest BCUT2D eigenvalue weighted by Gasteiger charge is -2.18. The van der Waals surface area contributed by atoms with Gasteiger partial charge in [0, 0.05) is 30.0 Å². The molecule has 0 aliphatic carbocycles. The van der Waals surface area contributed by atoms with Crippen LogP contribution in [0.1, 0.15) is 19.8 Å². The maximum absolute atomic E-state index is 14.7. The lowest BCUT2D eigenvalue weighted by Crippen LogP contribution is -2.34. The molecule has 2 aliphatic rings. The second-order valence-electron chi connectivity index (χ2n) is 6.43. The van der Waals surface area contributed by atoms with Crippen LogP contribution in [0.4, 0.5) is 20.6 Å². The van der Waals surface area contributed by atoms with Crippen molar-refractivity contribution in [3.05, 3.63) is 47.9 Å². The number of cyclic esters (lactones) is 1. The summed E-state index contributed by atoms with van der Waals surface area (Å²) >= 11 is 0. The molecule has 1 N–H and O–H groups in total. The van der Waals surface area contributed by atoms with Crippen LogP contribution in [0, 0.1) is 5.82 Å². The van der Waals surface area contributed by atoms with E-state index in [4.69, 9.17) is 4.74 Å². The molecule has 2 amide bonds. The average Bonchev–Trinajstić information content (AvgIpc) is 2.90. The molecule has 2 atom stereocenters. The number of amides is 2. The van der Waals surface area contributed by atoms with Gasteiger partial charge in [-0.3, -0.25) is 13.9 Å². The third kappa shape index (κ3) is 4.78. The molecule has 0 aromatic heterocycles. The predicted molar refractivity (Wildman–Crippen MR) is 106 cm³/mol. The van der Waals surface area contributed by atoms with Gasteiger partial charge in [-0.25, -0.2) is 9.18 Å². The topological polar surface area (TPSA) is 79.0 Å². The summed E-state index contributed by atoms with van der Waals surface area (Å²) < 4.78 is 31.5. The quantitative estimate of drug-likeness (QED) is 0.784. The highest BCUT2D eigenvalue weighted by molar-refractivity contribution is 7.88. The van der Waals surface area contributed by atoms with Gasteiger partial charge in [-0.05, 0) is 24.6 Å². The van der Waals surface area contributed by atoms with Crippen LogP contribution in [-0.2, 0) is 20.3 Å². The zero-order valence-corrected chi connectivity index (χ0v) is 16.3. The molecule has 1 saturated heterocycles. The van der Waals surface area contributed by atoms with Gasteiger partial charge in [0.2, 0.25) is 5.91 Å². The van der Waals surface area contributed by atoms with Gasteiger partial charge >= 0.3 is 6.09 Å². The molecule has 7 nitrogen and oxygen atoms in total. The molecule has 0 saturated carbocycles. The molecule has 150 valence electrons. The minimum Gasteiger partial charge on any atom is -0.442 e.